The van der Waals surface area contributed by atoms with E-state index in [-0.39, 0.29) is 17.7 Å². The predicted molar refractivity (Wildman–Crippen MR) is 73.6 cm³/mol. The first-order valence-electron chi connectivity index (χ1n) is 7.37. The Morgan fingerprint density at radius 1 is 1.32 bits per heavy atom. The van der Waals surface area contributed by atoms with Gasteiger partial charge in [0, 0.05) is 38.1 Å². The summed E-state index contributed by atoms with van der Waals surface area (Å²) in [5, 5.41) is 5.91. The van der Waals surface area contributed by atoms with Crippen LogP contribution in [0.4, 0.5) is 0 Å². The molecule has 0 radical (unpaired) electrons. The summed E-state index contributed by atoms with van der Waals surface area (Å²) in [6.07, 6.45) is 3.22. The van der Waals surface area contributed by atoms with E-state index in [0.29, 0.717) is 31.5 Å². The molecule has 0 aromatic rings. The van der Waals surface area contributed by atoms with Gasteiger partial charge in [-0.05, 0) is 33.1 Å². The van der Waals surface area contributed by atoms with Crippen LogP contribution in [0.15, 0.2) is 0 Å². The van der Waals surface area contributed by atoms with Crippen molar-refractivity contribution in [2.75, 3.05) is 19.6 Å². The maximum absolute atomic E-state index is 12.1. The first kappa shape index (κ1) is 14.3. The molecule has 0 bridgehead atoms. The third-order valence-electron chi connectivity index (χ3n) is 4.24. The molecule has 2 heterocycles. The molecular weight excluding hydrogens is 242 g/mol. The molecule has 2 saturated heterocycles. The van der Waals surface area contributed by atoms with E-state index in [1.807, 2.05) is 0 Å². The van der Waals surface area contributed by atoms with E-state index < -0.39 is 0 Å². The van der Waals surface area contributed by atoms with Crippen LogP contribution in [0, 0.1) is 5.92 Å². The molecule has 5 heteroatoms. The molecule has 2 aliphatic rings. The van der Waals surface area contributed by atoms with Crippen LogP contribution in [0.5, 0.6) is 0 Å². The molecule has 108 valence electrons. The summed E-state index contributed by atoms with van der Waals surface area (Å²) >= 11 is 0. The van der Waals surface area contributed by atoms with Gasteiger partial charge in [-0.15, -0.1) is 0 Å². The molecule has 2 N–H and O–H groups in total. The lowest BCUT2D eigenvalue weighted by Crippen LogP contribution is -2.50. The van der Waals surface area contributed by atoms with Crippen LogP contribution in [-0.2, 0) is 9.59 Å². The molecule has 0 aromatic carbocycles. The Morgan fingerprint density at radius 2 is 2.00 bits per heavy atom. The number of nitrogens with one attached hydrogen (secondary N) is 2. The van der Waals surface area contributed by atoms with Crippen LogP contribution < -0.4 is 10.6 Å². The summed E-state index contributed by atoms with van der Waals surface area (Å²) in [6, 6.07) is 0.894. The van der Waals surface area contributed by atoms with Crippen LogP contribution in [0.1, 0.15) is 39.5 Å². The Labute approximate surface area is 115 Å². The van der Waals surface area contributed by atoms with Crippen molar-refractivity contribution < 1.29 is 9.59 Å². The lowest BCUT2D eigenvalue weighted by atomic mass is 9.96. The Morgan fingerprint density at radius 3 is 2.53 bits per heavy atom. The van der Waals surface area contributed by atoms with Gasteiger partial charge in [0.15, 0.2) is 0 Å². The van der Waals surface area contributed by atoms with Crippen LogP contribution >= 0.6 is 0 Å². The molecular formula is C14H25N3O2. The van der Waals surface area contributed by atoms with Crippen molar-refractivity contribution >= 4 is 11.8 Å². The maximum Gasteiger partial charge on any atom is 0.225 e. The third kappa shape index (κ3) is 3.93. The average molecular weight is 267 g/mol. The largest absolute Gasteiger partial charge is 0.355 e. The number of hydrogen-bond donors (Lipinski definition) is 2. The zero-order valence-corrected chi connectivity index (χ0v) is 11.9. The maximum atomic E-state index is 12.1. The molecule has 0 aromatic heterocycles. The lowest BCUT2D eigenvalue weighted by molar-refractivity contribution is -0.129. The fraction of sp³-hybridized carbons (Fsp3) is 0.857. The van der Waals surface area contributed by atoms with E-state index in [9.17, 15) is 9.59 Å². The number of likely N-dealkylation sites (tertiary alicyclic amines) is 1. The zero-order chi connectivity index (χ0) is 13.8. The van der Waals surface area contributed by atoms with Gasteiger partial charge in [0.1, 0.15) is 0 Å². The van der Waals surface area contributed by atoms with Gasteiger partial charge in [-0.3, -0.25) is 9.59 Å². The number of hydrogen-bond acceptors (Lipinski definition) is 3. The molecule has 1 atom stereocenters. The Hall–Kier alpha value is -1.10. The first-order valence-corrected chi connectivity index (χ1v) is 7.37. The topological polar surface area (TPSA) is 61.4 Å². The van der Waals surface area contributed by atoms with Gasteiger partial charge in [0.2, 0.25) is 11.8 Å². The van der Waals surface area contributed by atoms with E-state index in [0.717, 1.165) is 25.9 Å². The van der Waals surface area contributed by atoms with Crippen LogP contribution in [0.25, 0.3) is 0 Å². The molecule has 2 aliphatic heterocycles. The van der Waals surface area contributed by atoms with Gasteiger partial charge in [0.25, 0.3) is 0 Å². The number of piperidine rings is 2. The SMILES string of the molecule is CC(C)N1CCC(NC(=O)C2CCC(=O)NC2)CC1. The highest BCUT2D eigenvalue weighted by molar-refractivity contribution is 5.83. The predicted octanol–water partition coefficient (Wildman–Crippen LogP) is 0.502. The number of amides is 2. The molecule has 2 fully saturated rings. The Balaban J connectivity index is 1.73. The molecule has 1 unspecified atom stereocenters. The normalized spacial score (nSPS) is 26.3. The molecule has 19 heavy (non-hydrogen) atoms. The Kier molecular flexibility index (Phi) is 4.80. The summed E-state index contributed by atoms with van der Waals surface area (Å²) < 4.78 is 0. The van der Waals surface area contributed by atoms with E-state index in [2.05, 4.69) is 29.4 Å². The van der Waals surface area contributed by atoms with Gasteiger partial charge in [-0.2, -0.15) is 0 Å². The van der Waals surface area contributed by atoms with Gasteiger partial charge in [-0.1, -0.05) is 0 Å². The second-order valence-corrected chi connectivity index (χ2v) is 5.95. The van der Waals surface area contributed by atoms with Crippen LogP contribution in [0.2, 0.25) is 0 Å². The fourth-order valence-electron chi connectivity index (χ4n) is 2.84. The van der Waals surface area contributed by atoms with Gasteiger partial charge < -0.3 is 15.5 Å². The Bertz CT molecular complexity index is 326. The van der Waals surface area contributed by atoms with E-state index >= 15 is 0 Å². The van der Waals surface area contributed by atoms with Gasteiger partial charge >= 0.3 is 0 Å². The molecule has 2 amide bonds. The highest BCUT2D eigenvalue weighted by Crippen LogP contribution is 2.15. The van der Waals surface area contributed by atoms with E-state index in [4.69, 9.17) is 0 Å². The highest BCUT2D eigenvalue weighted by Gasteiger charge is 2.27. The van der Waals surface area contributed by atoms with Crippen molar-refractivity contribution in [2.45, 2.75) is 51.6 Å². The monoisotopic (exact) mass is 267 g/mol. The zero-order valence-electron chi connectivity index (χ0n) is 11.9. The second-order valence-electron chi connectivity index (χ2n) is 5.95. The second kappa shape index (κ2) is 6.37. The molecule has 2 rings (SSSR count). The minimum atomic E-state index is -0.0409. The van der Waals surface area contributed by atoms with Crippen LogP contribution in [0.3, 0.4) is 0 Å². The first-order chi connectivity index (χ1) is 9.06. The summed E-state index contributed by atoms with van der Waals surface area (Å²) in [6.45, 7) is 7.04. The summed E-state index contributed by atoms with van der Waals surface area (Å²) in [7, 11) is 0. The highest BCUT2D eigenvalue weighted by atomic mass is 16.2. The quantitative estimate of drug-likeness (QED) is 0.783. The summed E-state index contributed by atoms with van der Waals surface area (Å²) in [4.78, 5) is 25.6. The smallest absolute Gasteiger partial charge is 0.225 e. The molecule has 0 spiro atoms. The van der Waals surface area contributed by atoms with Crippen molar-refractivity contribution in [3.05, 3.63) is 0 Å². The molecule has 5 nitrogen and oxygen atoms in total. The summed E-state index contributed by atoms with van der Waals surface area (Å²) in [5.74, 6) is 0.137. The number of carbonyl (C=O) groups is 2. The van der Waals surface area contributed by atoms with Crippen molar-refractivity contribution in [3.63, 3.8) is 0 Å². The average Bonchev–Trinajstić information content (AvgIpc) is 2.40. The molecule has 0 saturated carbocycles. The molecule has 0 aliphatic carbocycles. The number of carbonyl (C=O) groups excluding carboxylic acids is 2. The lowest BCUT2D eigenvalue weighted by Gasteiger charge is -2.35. The minimum Gasteiger partial charge on any atom is -0.355 e. The van der Waals surface area contributed by atoms with E-state index in [1.165, 1.54) is 0 Å². The van der Waals surface area contributed by atoms with Crippen molar-refractivity contribution in [2.24, 2.45) is 5.92 Å². The number of rotatable bonds is 3. The standard InChI is InChI=1S/C14H25N3O2/c1-10(2)17-7-5-12(6-8-17)16-14(19)11-3-4-13(18)15-9-11/h10-12H,3-9H2,1-2H3,(H,15,18)(H,16,19). The number of nitrogens with zero attached hydrogens (tertiary/aromatic N) is 1. The van der Waals surface area contributed by atoms with E-state index in [1.54, 1.807) is 0 Å². The minimum absolute atomic E-state index is 0.0409. The van der Waals surface area contributed by atoms with Gasteiger partial charge in [-0.25, -0.2) is 0 Å². The van der Waals surface area contributed by atoms with Crippen molar-refractivity contribution in [3.8, 4) is 0 Å². The van der Waals surface area contributed by atoms with Crippen molar-refractivity contribution in [1.82, 2.24) is 15.5 Å². The fourth-order valence-corrected chi connectivity index (χ4v) is 2.84. The van der Waals surface area contributed by atoms with Gasteiger partial charge in [0.05, 0.1) is 5.92 Å². The van der Waals surface area contributed by atoms with Crippen LogP contribution in [-0.4, -0.2) is 48.4 Å². The summed E-state index contributed by atoms with van der Waals surface area (Å²) in [5.41, 5.74) is 0. The van der Waals surface area contributed by atoms with Crippen molar-refractivity contribution in [1.29, 1.82) is 0 Å². The third-order valence-corrected chi connectivity index (χ3v) is 4.24.